The second kappa shape index (κ2) is 6.33. The van der Waals surface area contributed by atoms with Crippen molar-refractivity contribution in [2.75, 3.05) is 6.26 Å². The SMILES string of the molecule is CSc1nnc(Cc2ccccc2)n1-c1ccc(Cl)cc1. The maximum absolute atomic E-state index is 5.97. The summed E-state index contributed by atoms with van der Waals surface area (Å²) in [7, 11) is 0. The van der Waals surface area contributed by atoms with E-state index in [4.69, 9.17) is 11.6 Å². The number of halogens is 1. The number of rotatable bonds is 4. The molecule has 0 radical (unpaired) electrons. The summed E-state index contributed by atoms with van der Waals surface area (Å²) in [6.07, 6.45) is 2.75. The number of nitrogens with zero attached hydrogens (tertiary/aromatic N) is 3. The Morgan fingerprint density at radius 2 is 1.71 bits per heavy atom. The predicted molar refractivity (Wildman–Crippen MR) is 87.4 cm³/mol. The first-order valence-corrected chi connectivity index (χ1v) is 8.16. The second-order valence-electron chi connectivity index (χ2n) is 4.58. The fourth-order valence-corrected chi connectivity index (χ4v) is 2.82. The van der Waals surface area contributed by atoms with Gasteiger partial charge in [0, 0.05) is 17.1 Å². The Morgan fingerprint density at radius 1 is 1.00 bits per heavy atom. The molecule has 0 saturated carbocycles. The van der Waals surface area contributed by atoms with Crippen LogP contribution in [0.25, 0.3) is 5.69 Å². The average molecular weight is 316 g/mol. The first kappa shape index (κ1) is 14.2. The van der Waals surface area contributed by atoms with Crippen molar-refractivity contribution < 1.29 is 0 Å². The fourth-order valence-electron chi connectivity index (χ4n) is 2.17. The summed E-state index contributed by atoms with van der Waals surface area (Å²) in [5, 5.41) is 10.2. The molecule has 0 amide bonds. The van der Waals surface area contributed by atoms with Gasteiger partial charge in [0.05, 0.1) is 0 Å². The van der Waals surface area contributed by atoms with Gasteiger partial charge in [-0.2, -0.15) is 0 Å². The van der Waals surface area contributed by atoms with Gasteiger partial charge in [-0.25, -0.2) is 0 Å². The third-order valence-electron chi connectivity index (χ3n) is 3.17. The molecule has 5 heteroatoms. The van der Waals surface area contributed by atoms with Crippen LogP contribution in [0.15, 0.2) is 59.8 Å². The summed E-state index contributed by atoms with van der Waals surface area (Å²) in [6, 6.07) is 18.0. The van der Waals surface area contributed by atoms with E-state index in [1.54, 1.807) is 11.8 Å². The van der Waals surface area contributed by atoms with Gasteiger partial charge >= 0.3 is 0 Å². The lowest BCUT2D eigenvalue weighted by atomic mass is 10.1. The molecule has 0 fully saturated rings. The molecule has 3 aromatic rings. The predicted octanol–water partition coefficient (Wildman–Crippen LogP) is 4.23. The molecule has 0 aliphatic heterocycles. The van der Waals surface area contributed by atoms with Gasteiger partial charge in [-0.05, 0) is 36.1 Å². The molecule has 0 unspecified atom stereocenters. The number of benzene rings is 2. The number of hydrogen-bond acceptors (Lipinski definition) is 3. The van der Waals surface area contributed by atoms with E-state index in [9.17, 15) is 0 Å². The maximum Gasteiger partial charge on any atom is 0.195 e. The van der Waals surface area contributed by atoms with E-state index in [0.29, 0.717) is 0 Å². The van der Waals surface area contributed by atoms with Gasteiger partial charge in [0.15, 0.2) is 5.16 Å². The highest BCUT2D eigenvalue weighted by Gasteiger charge is 2.13. The van der Waals surface area contributed by atoms with E-state index in [2.05, 4.69) is 26.9 Å². The van der Waals surface area contributed by atoms with Crippen LogP contribution in [0.2, 0.25) is 5.02 Å². The largest absolute Gasteiger partial charge is 0.274 e. The van der Waals surface area contributed by atoms with Gasteiger partial charge in [0.25, 0.3) is 0 Å². The van der Waals surface area contributed by atoms with Crippen molar-refractivity contribution in [1.29, 1.82) is 0 Å². The minimum absolute atomic E-state index is 0.724. The molecule has 1 aromatic heterocycles. The Hall–Kier alpha value is -1.78. The van der Waals surface area contributed by atoms with Crippen molar-refractivity contribution in [3.63, 3.8) is 0 Å². The van der Waals surface area contributed by atoms with Crippen LogP contribution in [-0.2, 0) is 6.42 Å². The number of aromatic nitrogens is 3. The first-order chi connectivity index (χ1) is 10.3. The molecule has 0 spiro atoms. The van der Waals surface area contributed by atoms with Crippen LogP contribution in [-0.4, -0.2) is 21.0 Å². The fraction of sp³-hybridized carbons (Fsp3) is 0.125. The zero-order valence-electron chi connectivity index (χ0n) is 11.5. The molecule has 0 N–H and O–H groups in total. The Balaban J connectivity index is 2.02. The van der Waals surface area contributed by atoms with Crippen LogP contribution in [0.3, 0.4) is 0 Å². The Morgan fingerprint density at radius 3 is 2.38 bits per heavy atom. The molecule has 106 valence electrons. The summed E-state index contributed by atoms with van der Waals surface area (Å²) in [5.41, 5.74) is 2.24. The molecule has 0 bridgehead atoms. The third kappa shape index (κ3) is 3.12. The van der Waals surface area contributed by atoms with Gasteiger partial charge in [0.1, 0.15) is 5.82 Å². The monoisotopic (exact) mass is 315 g/mol. The Bertz CT molecular complexity index is 723. The van der Waals surface area contributed by atoms with E-state index in [1.165, 1.54) is 5.56 Å². The van der Waals surface area contributed by atoms with Crippen molar-refractivity contribution in [1.82, 2.24) is 14.8 Å². The molecule has 2 aromatic carbocycles. The molecule has 0 aliphatic rings. The molecule has 3 rings (SSSR count). The average Bonchev–Trinajstić information content (AvgIpc) is 2.92. The Labute approximate surface area is 133 Å². The molecule has 1 heterocycles. The molecule has 0 saturated heterocycles. The lowest BCUT2D eigenvalue weighted by Gasteiger charge is -2.09. The van der Waals surface area contributed by atoms with Crippen molar-refractivity contribution in [3.8, 4) is 5.69 Å². The van der Waals surface area contributed by atoms with Crippen LogP contribution < -0.4 is 0 Å². The maximum atomic E-state index is 5.97. The highest BCUT2D eigenvalue weighted by molar-refractivity contribution is 7.98. The number of thioether (sulfide) groups is 1. The van der Waals surface area contributed by atoms with Crippen molar-refractivity contribution in [2.45, 2.75) is 11.6 Å². The highest BCUT2D eigenvalue weighted by Crippen LogP contribution is 2.23. The summed E-state index contributed by atoms with van der Waals surface area (Å²) in [6.45, 7) is 0. The van der Waals surface area contributed by atoms with Crippen molar-refractivity contribution in [3.05, 3.63) is 71.0 Å². The third-order valence-corrected chi connectivity index (χ3v) is 4.05. The minimum atomic E-state index is 0.724. The van der Waals surface area contributed by atoms with Crippen molar-refractivity contribution in [2.24, 2.45) is 0 Å². The number of hydrogen-bond donors (Lipinski definition) is 0. The lowest BCUT2D eigenvalue weighted by molar-refractivity contribution is 0.849. The van der Waals surface area contributed by atoms with Gasteiger partial charge in [-0.1, -0.05) is 53.7 Å². The molecule has 0 aliphatic carbocycles. The minimum Gasteiger partial charge on any atom is -0.274 e. The molecule has 0 atom stereocenters. The van der Waals surface area contributed by atoms with Crippen LogP contribution in [0, 0.1) is 0 Å². The van der Waals surface area contributed by atoms with Crippen LogP contribution >= 0.6 is 23.4 Å². The standard InChI is InChI=1S/C16H14ClN3S/c1-21-16-19-18-15(11-12-5-3-2-4-6-12)20(16)14-9-7-13(17)8-10-14/h2-10H,11H2,1H3. The zero-order chi connectivity index (χ0) is 14.7. The van der Waals surface area contributed by atoms with Gasteiger partial charge in [0.2, 0.25) is 0 Å². The quantitative estimate of drug-likeness (QED) is 0.675. The lowest BCUT2D eigenvalue weighted by Crippen LogP contribution is -2.03. The van der Waals surface area contributed by atoms with Crippen LogP contribution in [0.5, 0.6) is 0 Å². The Kier molecular flexibility index (Phi) is 4.27. The molecular formula is C16H14ClN3S. The zero-order valence-corrected chi connectivity index (χ0v) is 13.1. The second-order valence-corrected chi connectivity index (χ2v) is 5.79. The molecular weight excluding hydrogens is 302 g/mol. The molecule has 3 nitrogen and oxygen atoms in total. The summed E-state index contributed by atoms with van der Waals surface area (Å²) >= 11 is 7.55. The van der Waals surface area contributed by atoms with E-state index in [0.717, 1.165) is 28.1 Å². The topological polar surface area (TPSA) is 30.7 Å². The van der Waals surface area contributed by atoms with E-state index in [-0.39, 0.29) is 0 Å². The van der Waals surface area contributed by atoms with Crippen LogP contribution in [0.4, 0.5) is 0 Å². The van der Waals surface area contributed by atoms with Crippen molar-refractivity contribution >= 4 is 23.4 Å². The van der Waals surface area contributed by atoms with Gasteiger partial charge in [-0.3, -0.25) is 4.57 Å². The summed E-state index contributed by atoms with van der Waals surface area (Å²) in [5.74, 6) is 0.924. The smallest absolute Gasteiger partial charge is 0.195 e. The first-order valence-electron chi connectivity index (χ1n) is 6.56. The highest BCUT2D eigenvalue weighted by atomic mass is 35.5. The normalized spacial score (nSPS) is 10.8. The van der Waals surface area contributed by atoms with E-state index >= 15 is 0 Å². The van der Waals surface area contributed by atoms with E-state index < -0.39 is 0 Å². The summed E-state index contributed by atoms with van der Waals surface area (Å²) in [4.78, 5) is 0. The molecule has 21 heavy (non-hydrogen) atoms. The van der Waals surface area contributed by atoms with Crippen LogP contribution in [0.1, 0.15) is 11.4 Å². The summed E-state index contributed by atoms with van der Waals surface area (Å²) < 4.78 is 2.08. The van der Waals surface area contributed by atoms with Gasteiger partial charge < -0.3 is 0 Å². The van der Waals surface area contributed by atoms with Gasteiger partial charge in [-0.15, -0.1) is 10.2 Å². The van der Waals surface area contributed by atoms with E-state index in [1.807, 2.05) is 48.7 Å².